The predicted molar refractivity (Wildman–Crippen MR) is 100 cm³/mol. The molecule has 27 heavy (non-hydrogen) atoms. The van der Waals surface area contributed by atoms with Gasteiger partial charge < -0.3 is 15.0 Å². The average molecular weight is 366 g/mol. The molecule has 1 fully saturated rings. The number of pyridine rings is 2. The molecule has 3 heterocycles. The minimum Gasteiger partial charge on any atom is -0.437 e. The molecule has 0 bridgehead atoms. The molecule has 1 unspecified atom stereocenters. The number of nitrogens with one attached hydrogen (secondary N) is 1. The van der Waals surface area contributed by atoms with Gasteiger partial charge in [0.2, 0.25) is 17.7 Å². The van der Waals surface area contributed by atoms with Crippen LogP contribution < -0.4 is 10.1 Å². The van der Waals surface area contributed by atoms with Crippen LogP contribution in [0.25, 0.3) is 0 Å². The highest BCUT2D eigenvalue weighted by Gasteiger charge is 2.33. The van der Waals surface area contributed by atoms with E-state index in [-0.39, 0.29) is 30.7 Å². The highest BCUT2D eigenvalue weighted by atomic mass is 16.5. The first-order chi connectivity index (χ1) is 13.1. The first kappa shape index (κ1) is 18.6. The van der Waals surface area contributed by atoms with Crippen molar-refractivity contribution in [2.75, 3.05) is 13.1 Å². The van der Waals surface area contributed by atoms with Crippen LogP contribution in [0.4, 0.5) is 0 Å². The molecule has 140 valence electrons. The molecule has 1 aliphatic heterocycles. The second-order valence-electron chi connectivity index (χ2n) is 6.41. The van der Waals surface area contributed by atoms with Gasteiger partial charge >= 0.3 is 0 Å². The van der Waals surface area contributed by atoms with Gasteiger partial charge in [0, 0.05) is 43.5 Å². The molecule has 3 rings (SSSR count). The summed E-state index contributed by atoms with van der Waals surface area (Å²) in [5.41, 5.74) is 1.64. The lowest BCUT2D eigenvalue weighted by atomic mass is 10.1. The van der Waals surface area contributed by atoms with E-state index < -0.39 is 0 Å². The number of aryl methyl sites for hydroxylation is 1. The van der Waals surface area contributed by atoms with Crippen molar-refractivity contribution in [3.63, 3.8) is 0 Å². The summed E-state index contributed by atoms with van der Waals surface area (Å²) in [6.07, 6.45) is 5.15. The number of likely N-dealkylation sites (tertiary alicyclic amines) is 1. The molecular weight excluding hydrogens is 344 g/mol. The molecule has 0 aromatic carbocycles. The molecule has 2 aromatic heterocycles. The number of amides is 2. The van der Waals surface area contributed by atoms with Crippen molar-refractivity contribution in [1.82, 2.24) is 20.2 Å². The zero-order valence-electron chi connectivity index (χ0n) is 15.2. The van der Waals surface area contributed by atoms with Gasteiger partial charge in [-0.05, 0) is 25.1 Å². The third-order valence-electron chi connectivity index (χ3n) is 4.34. The molecule has 1 atom stereocenters. The Labute approximate surface area is 158 Å². The Morgan fingerprint density at radius 3 is 3.00 bits per heavy atom. The monoisotopic (exact) mass is 366 g/mol. The fraction of sp³-hybridized carbons (Fsp3) is 0.300. The summed E-state index contributed by atoms with van der Waals surface area (Å²) in [4.78, 5) is 34.4. The number of ether oxygens (including phenoxy) is 1. The Morgan fingerprint density at radius 2 is 2.26 bits per heavy atom. The maximum Gasteiger partial charge on any atom is 0.225 e. The molecule has 1 saturated heterocycles. The molecule has 0 spiro atoms. The van der Waals surface area contributed by atoms with Crippen LogP contribution in [-0.2, 0) is 16.1 Å². The maximum atomic E-state index is 12.4. The fourth-order valence-corrected chi connectivity index (χ4v) is 2.88. The number of nitrogens with zero attached hydrogens (tertiary/aromatic N) is 3. The second kappa shape index (κ2) is 8.44. The van der Waals surface area contributed by atoms with Crippen molar-refractivity contribution in [2.45, 2.75) is 19.9 Å². The van der Waals surface area contributed by atoms with Crippen molar-refractivity contribution >= 4 is 11.8 Å². The lowest BCUT2D eigenvalue weighted by molar-refractivity contribution is -0.128. The number of carbonyl (C=O) groups excluding carboxylic acids is 2. The lowest BCUT2D eigenvalue weighted by Gasteiger charge is -2.15. The zero-order valence-corrected chi connectivity index (χ0v) is 15.2. The second-order valence-corrected chi connectivity index (χ2v) is 6.41. The summed E-state index contributed by atoms with van der Waals surface area (Å²) in [5.74, 6) is 0.474. The van der Waals surface area contributed by atoms with Crippen LogP contribution >= 0.6 is 0 Å². The van der Waals surface area contributed by atoms with Gasteiger partial charge in [-0.1, -0.05) is 12.1 Å². The van der Waals surface area contributed by atoms with Gasteiger partial charge in [-0.3, -0.25) is 14.6 Å². The highest BCUT2D eigenvalue weighted by molar-refractivity contribution is 5.89. The van der Waals surface area contributed by atoms with Crippen LogP contribution in [-0.4, -0.2) is 39.8 Å². The van der Waals surface area contributed by atoms with Crippen LogP contribution in [0, 0.1) is 12.8 Å². The molecule has 7 heteroatoms. The summed E-state index contributed by atoms with van der Waals surface area (Å²) in [7, 11) is 0. The third-order valence-corrected chi connectivity index (χ3v) is 4.34. The molecule has 0 saturated carbocycles. The van der Waals surface area contributed by atoms with E-state index in [1.165, 1.54) is 0 Å². The lowest BCUT2D eigenvalue weighted by Crippen LogP contribution is -2.32. The van der Waals surface area contributed by atoms with Crippen LogP contribution in [0.5, 0.6) is 11.6 Å². The molecule has 2 amide bonds. The van der Waals surface area contributed by atoms with E-state index in [2.05, 4.69) is 21.9 Å². The Bertz CT molecular complexity index is 835. The first-order valence-corrected chi connectivity index (χ1v) is 8.77. The van der Waals surface area contributed by atoms with E-state index in [0.29, 0.717) is 24.7 Å². The van der Waals surface area contributed by atoms with Crippen LogP contribution in [0.1, 0.15) is 17.7 Å². The molecule has 7 nitrogen and oxygen atoms in total. The van der Waals surface area contributed by atoms with Crippen molar-refractivity contribution in [2.24, 2.45) is 5.92 Å². The number of rotatable bonds is 7. The van der Waals surface area contributed by atoms with E-state index in [0.717, 1.165) is 11.3 Å². The smallest absolute Gasteiger partial charge is 0.225 e. The highest BCUT2D eigenvalue weighted by Crippen LogP contribution is 2.23. The maximum absolute atomic E-state index is 12.4. The van der Waals surface area contributed by atoms with Crippen molar-refractivity contribution in [1.29, 1.82) is 0 Å². The summed E-state index contributed by atoms with van der Waals surface area (Å²) in [6.45, 7) is 6.69. The Kier molecular flexibility index (Phi) is 5.80. The van der Waals surface area contributed by atoms with Crippen LogP contribution in [0.15, 0.2) is 49.3 Å². The van der Waals surface area contributed by atoms with Gasteiger partial charge in [0.1, 0.15) is 5.75 Å². The third kappa shape index (κ3) is 4.69. The number of carbonyl (C=O) groups is 2. The molecule has 0 radical (unpaired) electrons. The van der Waals surface area contributed by atoms with E-state index in [1.54, 1.807) is 29.4 Å². The zero-order chi connectivity index (χ0) is 19.2. The van der Waals surface area contributed by atoms with E-state index in [4.69, 9.17) is 4.74 Å². The summed E-state index contributed by atoms with van der Waals surface area (Å²) in [5, 5.41) is 2.88. The van der Waals surface area contributed by atoms with Crippen molar-refractivity contribution in [3.8, 4) is 11.6 Å². The SMILES string of the molecule is C=CCN1CC(C(=O)NCc2cccnc2Oc2ccc(C)nc2)CC1=O. The topological polar surface area (TPSA) is 84.4 Å². The quantitative estimate of drug-likeness (QED) is 0.760. The minimum atomic E-state index is -0.347. The number of hydrogen-bond acceptors (Lipinski definition) is 5. The molecule has 1 aliphatic rings. The summed E-state index contributed by atoms with van der Waals surface area (Å²) < 4.78 is 5.79. The van der Waals surface area contributed by atoms with Crippen LogP contribution in [0.3, 0.4) is 0 Å². The molecule has 0 aliphatic carbocycles. The van der Waals surface area contributed by atoms with Crippen molar-refractivity contribution < 1.29 is 14.3 Å². The summed E-state index contributed by atoms with van der Waals surface area (Å²) >= 11 is 0. The number of aromatic nitrogens is 2. The summed E-state index contributed by atoms with van der Waals surface area (Å²) in [6, 6.07) is 7.30. The van der Waals surface area contributed by atoms with Gasteiger partial charge in [0.05, 0.1) is 12.1 Å². The Morgan fingerprint density at radius 1 is 1.41 bits per heavy atom. The van der Waals surface area contributed by atoms with Crippen molar-refractivity contribution in [3.05, 3.63) is 60.6 Å². The van der Waals surface area contributed by atoms with Gasteiger partial charge in [0.25, 0.3) is 0 Å². The van der Waals surface area contributed by atoms with Gasteiger partial charge in [-0.2, -0.15) is 0 Å². The number of hydrogen-bond donors (Lipinski definition) is 1. The van der Waals surface area contributed by atoms with Gasteiger partial charge in [-0.15, -0.1) is 6.58 Å². The molecule has 2 aromatic rings. The normalized spacial score (nSPS) is 16.3. The van der Waals surface area contributed by atoms with E-state index in [1.807, 2.05) is 25.1 Å². The van der Waals surface area contributed by atoms with Crippen LogP contribution in [0.2, 0.25) is 0 Å². The largest absolute Gasteiger partial charge is 0.437 e. The Hall–Kier alpha value is -3.22. The average Bonchev–Trinajstić information content (AvgIpc) is 3.04. The fourth-order valence-electron chi connectivity index (χ4n) is 2.88. The predicted octanol–water partition coefficient (Wildman–Crippen LogP) is 2.23. The van der Waals surface area contributed by atoms with Gasteiger partial charge in [0.15, 0.2) is 0 Å². The standard InChI is InChI=1S/C20H22N4O3/c1-3-9-24-13-16(10-18(24)25)19(26)23-11-15-5-4-8-21-20(15)27-17-7-6-14(2)22-12-17/h3-8,12,16H,1,9-11,13H2,2H3,(H,23,26). The minimum absolute atomic E-state index is 0.0210. The van der Waals surface area contributed by atoms with Gasteiger partial charge in [-0.25, -0.2) is 4.98 Å². The molecular formula is C20H22N4O3. The Balaban J connectivity index is 1.61. The van der Waals surface area contributed by atoms with E-state index >= 15 is 0 Å². The first-order valence-electron chi connectivity index (χ1n) is 8.77. The van der Waals surface area contributed by atoms with E-state index in [9.17, 15) is 9.59 Å². The molecule has 1 N–H and O–H groups in total.